The predicted octanol–water partition coefficient (Wildman–Crippen LogP) is 4.56. The molecule has 0 saturated heterocycles. The zero-order valence-electron chi connectivity index (χ0n) is 16.0. The van der Waals surface area contributed by atoms with Gasteiger partial charge in [0.1, 0.15) is 11.6 Å². The summed E-state index contributed by atoms with van der Waals surface area (Å²) >= 11 is 0. The van der Waals surface area contributed by atoms with Crippen molar-refractivity contribution in [2.45, 2.75) is 32.2 Å². The summed E-state index contributed by atoms with van der Waals surface area (Å²) in [5.74, 6) is -0.0344. The van der Waals surface area contributed by atoms with E-state index >= 15 is 0 Å². The number of nitrogens with zero attached hydrogens (tertiary/aromatic N) is 1. The summed E-state index contributed by atoms with van der Waals surface area (Å²) in [6.45, 7) is 6.01. The number of anilines is 2. The zero-order chi connectivity index (χ0) is 20.3. The van der Waals surface area contributed by atoms with Gasteiger partial charge in [0, 0.05) is 6.54 Å². The largest absolute Gasteiger partial charge is 0.380 e. The van der Waals surface area contributed by atoms with Crippen LogP contribution < -0.4 is 10.0 Å². The molecule has 0 spiro atoms. The predicted molar refractivity (Wildman–Crippen MR) is 109 cm³/mol. The monoisotopic (exact) mass is 399 g/mol. The Labute approximate surface area is 164 Å². The van der Waals surface area contributed by atoms with Crippen molar-refractivity contribution in [3.05, 3.63) is 82.8 Å². The van der Waals surface area contributed by atoms with E-state index in [2.05, 4.69) is 15.0 Å². The number of halogens is 1. The molecule has 146 valence electrons. The number of hydrogen-bond acceptors (Lipinski definition) is 4. The first kappa shape index (κ1) is 19.8. The first-order valence-corrected chi connectivity index (χ1v) is 10.3. The fourth-order valence-electron chi connectivity index (χ4n) is 3.14. The van der Waals surface area contributed by atoms with Gasteiger partial charge in [0.25, 0.3) is 10.0 Å². The van der Waals surface area contributed by atoms with Crippen LogP contribution in [0.2, 0.25) is 0 Å². The normalized spacial score (nSPS) is 11.3. The van der Waals surface area contributed by atoms with Gasteiger partial charge in [-0.3, -0.25) is 4.72 Å². The summed E-state index contributed by atoms with van der Waals surface area (Å²) in [4.78, 5) is 4.46. The number of aromatic nitrogens is 1. The Morgan fingerprint density at radius 3 is 2.18 bits per heavy atom. The third kappa shape index (κ3) is 4.67. The van der Waals surface area contributed by atoms with Crippen LogP contribution in [0.3, 0.4) is 0 Å². The molecule has 0 aliphatic carbocycles. The second-order valence-electron chi connectivity index (χ2n) is 6.75. The third-order valence-corrected chi connectivity index (χ3v) is 5.94. The summed E-state index contributed by atoms with van der Waals surface area (Å²) < 4.78 is 41.0. The molecule has 0 radical (unpaired) electrons. The number of nitrogens with one attached hydrogen (secondary N) is 2. The fraction of sp³-hybridized carbons (Fsp3) is 0.190. The highest BCUT2D eigenvalue weighted by atomic mass is 32.2. The molecule has 0 aliphatic rings. The molecule has 3 rings (SSSR count). The van der Waals surface area contributed by atoms with Gasteiger partial charge in [-0.05, 0) is 61.7 Å². The van der Waals surface area contributed by atoms with Crippen molar-refractivity contribution in [3.8, 4) is 0 Å². The molecular weight excluding hydrogens is 377 g/mol. The van der Waals surface area contributed by atoms with Crippen molar-refractivity contribution < 1.29 is 12.8 Å². The maximum absolute atomic E-state index is 12.9. The number of rotatable bonds is 6. The average molecular weight is 399 g/mol. The smallest absolute Gasteiger partial charge is 0.263 e. The van der Waals surface area contributed by atoms with Gasteiger partial charge in [-0.1, -0.05) is 29.8 Å². The SMILES string of the molecule is Cc1cc(C)c(S(=O)(=O)Nc2ccc(NCc3ccc(F)cc3)cn2)c(C)c1. The number of benzene rings is 2. The Hall–Kier alpha value is -2.93. The van der Waals surface area contributed by atoms with Gasteiger partial charge in [0.15, 0.2) is 0 Å². The summed E-state index contributed by atoms with van der Waals surface area (Å²) in [5.41, 5.74) is 4.07. The highest BCUT2D eigenvalue weighted by Gasteiger charge is 2.20. The van der Waals surface area contributed by atoms with Crippen molar-refractivity contribution in [3.63, 3.8) is 0 Å². The lowest BCUT2D eigenvalue weighted by atomic mass is 10.1. The van der Waals surface area contributed by atoms with E-state index in [9.17, 15) is 12.8 Å². The van der Waals surface area contributed by atoms with E-state index in [1.807, 2.05) is 19.1 Å². The second kappa shape index (κ2) is 7.98. The Kier molecular flexibility index (Phi) is 5.65. The van der Waals surface area contributed by atoms with E-state index < -0.39 is 10.0 Å². The van der Waals surface area contributed by atoms with E-state index in [4.69, 9.17) is 0 Å². The lowest BCUT2D eigenvalue weighted by Crippen LogP contribution is -2.16. The van der Waals surface area contributed by atoms with Gasteiger partial charge in [-0.25, -0.2) is 17.8 Å². The van der Waals surface area contributed by atoms with Crippen LogP contribution >= 0.6 is 0 Å². The lowest BCUT2D eigenvalue weighted by Gasteiger charge is -2.14. The van der Waals surface area contributed by atoms with Crippen LogP contribution in [0.5, 0.6) is 0 Å². The fourth-order valence-corrected chi connectivity index (χ4v) is 4.61. The lowest BCUT2D eigenvalue weighted by molar-refractivity contribution is 0.599. The molecule has 28 heavy (non-hydrogen) atoms. The number of sulfonamides is 1. The molecule has 7 heteroatoms. The van der Waals surface area contributed by atoms with Gasteiger partial charge in [-0.2, -0.15) is 0 Å². The van der Waals surface area contributed by atoms with Crippen molar-refractivity contribution in [1.29, 1.82) is 0 Å². The van der Waals surface area contributed by atoms with Gasteiger partial charge in [0.05, 0.1) is 16.8 Å². The Morgan fingerprint density at radius 2 is 1.61 bits per heavy atom. The van der Waals surface area contributed by atoms with E-state index in [-0.39, 0.29) is 16.5 Å². The van der Waals surface area contributed by atoms with E-state index in [0.29, 0.717) is 17.7 Å². The second-order valence-corrected chi connectivity index (χ2v) is 8.36. The maximum Gasteiger partial charge on any atom is 0.263 e. The number of aryl methyl sites for hydroxylation is 3. The number of pyridine rings is 1. The van der Waals surface area contributed by atoms with Crippen LogP contribution in [0.15, 0.2) is 59.6 Å². The molecule has 5 nitrogen and oxygen atoms in total. The Balaban J connectivity index is 1.70. The molecule has 0 aliphatic heterocycles. The minimum Gasteiger partial charge on any atom is -0.380 e. The maximum atomic E-state index is 12.9. The summed E-state index contributed by atoms with van der Waals surface area (Å²) in [7, 11) is -3.73. The summed E-state index contributed by atoms with van der Waals surface area (Å²) in [6.07, 6.45) is 1.55. The van der Waals surface area contributed by atoms with Crippen molar-refractivity contribution in [1.82, 2.24) is 4.98 Å². The summed E-state index contributed by atoms with van der Waals surface area (Å²) in [6, 6.07) is 13.2. The highest BCUT2D eigenvalue weighted by molar-refractivity contribution is 7.92. The Bertz CT molecular complexity index is 1060. The molecular formula is C21H22FN3O2S. The van der Waals surface area contributed by atoms with Crippen molar-refractivity contribution in [2.24, 2.45) is 0 Å². The third-order valence-electron chi connectivity index (χ3n) is 4.29. The minimum absolute atomic E-state index is 0.242. The molecule has 0 fully saturated rings. The molecule has 0 unspecified atom stereocenters. The standard InChI is InChI=1S/C21H22FN3O2S/c1-14-10-15(2)21(16(3)11-14)28(26,27)25-20-9-8-19(13-24-20)23-12-17-4-6-18(22)7-5-17/h4-11,13,23H,12H2,1-3H3,(H,24,25). The van der Waals surface area contributed by atoms with E-state index in [1.54, 1.807) is 44.3 Å². The van der Waals surface area contributed by atoms with Crippen molar-refractivity contribution >= 4 is 21.5 Å². The molecule has 1 aromatic heterocycles. The van der Waals surface area contributed by atoms with E-state index in [1.165, 1.54) is 12.1 Å². The quantitative estimate of drug-likeness (QED) is 0.637. The van der Waals surface area contributed by atoms with Crippen LogP contribution in [0.4, 0.5) is 15.9 Å². The van der Waals surface area contributed by atoms with Gasteiger partial charge in [-0.15, -0.1) is 0 Å². The average Bonchev–Trinajstić information content (AvgIpc) is 2.61. The van der Waals surface area contributed by atoms with Crippen LogP contribution in [-0.2, 0) is 16.6 Å². The molecule has 0 atom stereocenters. The topological polar surface area (TPSA) is 71.1 Å². The number of hydrogen-bond donors (Lipinski definition) is 2. The van der Waals surface area contributed by atoms with Gasteiger partial charge < -0.3 is 5.32 Å². The van der Waals surface area contributed by atoms with Crippen LogP contribution in [0.1, 0.15) is 22.3 Å². The van der Waals surface area contributed by atoms with Gasteiger partial charge >= 0.3 is 0 Å². The van der Waals surface area contributed by atoms with Gasteiger partial charge in [0.2, 0.25) is 0 Å². The highest BCUT2D eigenvalue weighted by Crippen LogP contribution is 2.24. The van der Waals surface area contributed by atoms with E-state index in [0.717, 1.165) is 16.8 Å². The zero-order valence-corrected chi connectivity index (χ0v) is 16.8. The molecule has 3 aromatic rings. The van der Waals surface area contributed by atoms with Crippen LogP contribution in [0, 0.1) is 26.6 Å². The molecule has 2 aromatic carbocycles. The minimum atomic E-state index is -3.73. The first-order chi connectivity index (χ1) is 13.2. The van der Waals surface area contributed by atoms with Crippen LogP contribution in [0.25, 0.3) is 0 Å². The molecule has 0 amide bonds. The first-order valence-electron chi connectivity index (χ1n) is 8.79. The van der Waals surface area contributed by atoms with Crippen LogP contribution in [-0.4, -0.2) is 13.4 Å². The molecule has 0 saturated carbocycles. The Morgan fingerprint density at radius 1 is 0.964 bits per heavy atom. The summed E-state index contributed by atoms with van der Waals surface area (Å²) in [5, 5.41) is 3.16. The van der Waals surface area contributed by atoms with Crippen molar-refractivity contribution in [2.75, 3.05) is 10.0 Å². The molecule has 2 N–H and O–H groups in total. The molecule has 1 heterocycles. The molecule has 0 bridgehead atoms.